The molecular formula is C23H33ClN4O3S. The number of hydrogen-bond acceptors (Lipinski definition) is 6. The second kappa shape index (κ2) is 10.3. The lowest BCUT2D eigenvalue weighted by molar-refractivity contribution is -0.141. The zero-order chi connectivity index (χ0) is 22.9. The Hall–Kier alpha value is -2.00. The van der Waals surface area contributed by atoms with Crippen LogP contribution in [0.15, 0.2) is 29.8 Å². The number of benzene rings is 1. The van der Waals surface area contributed by atoms with Crippen LogP contribution >= 0.6 is 23.7 Å². The number of carbonyl (C=O) groups excluding carboxylic acids is 2. The molecule has 9 heteroatoms. The molecule has 0 saturated carbocycles. The molecule has 4 N–H and O–H groups in total. The molecule has 1 aliphatic rings. The smallest absolute Gasteiger partial charge is 0.243 e. The van der Waals surface area contributed by atoms with Gasteiger partial charge in [-0.05, 0) is 30.4 Å². The van der Waals surface area contributed by atoms with Crippen molar-refractivity contribution in [3.8, 4) is 10.4 Å². The van der Waals surface area contributed by atoms with Gasteiger partial charge in [-0.1, -0.05) is 45.0 Å². The fraction of sp³-hybridized carbons (Fsp3) is 0.522. The lowest BCUT2D eigenvalue weighted by atomic mass is 9.86. The maximum Gasteiger partial charge on any atom is 0.243 e. The second-order valence-corrected chi connectivity index (χ2v) is 10.2. The van der Waals surface area contributed by atoms with Crippen molar-refractivity contribution in [1.82, 2.24) is 15.2 Å². The van der Waals surface area contributed by atoms with Crippen molar-refractivity contribution in [1.29, 1.82) is 0 Å². The van der Waals surface area contributed by atoms with Crippen molar-refractivity contribution in [2.75, 3.05) is 6.54 Å². The van der Waals surface area contributed by atoms with E-state index in [2.05, 4.69) is 10.3 Å². The molecule has 1 aliphatic heterocycles. The molecule has 0 spiro atoms. The van der Waals surface area contributed by atoms with Crippen LogP contribution in [0.4, 0.5) is 0 Å². The van der Waals surface area contributed by atoms with Gasteiger partial charge in [0.2, 0.25) is 11.8 Å². The summed E-state index contributed by atoms with van der Waals surface area (Å²) in [6, 6.07) is 6.32. The summed E-state index contributed by atoms with van der Waals surface area (Å²) in [5, 5.41) is 13.1. The summed E-state index contributed by atoms with van der Waals surface area (Å²) >= 11 is 1.60. The third-order valence-corrected chi connectivity index (χ3v) is 6.82. The number of halogens is 1. The van der Waals surface area contributed by atoms with Gasteiger partial charge in [0, 0.05) is 13.0 Å². The molecule has 32 heavy (non-hydrogen) atoms. The van der Waals surface area contributed by atoms with Gasteiger partial charge in [-0.25, -0.2) is 4.98 Å². The first-order chi connectivity index (χ1) is 14.5. The van der Waals surface area contributed by atoms with Crippen molar-refractivity contribution < 1.29 is 14.7 Å². The number of nitrogens with zero attached hydrogens (tertiary/aromatic N) is 2. The largest absolute Gasteiger partial charge is 0.391 e. The minimum Gasteiger partial charge on any atom is -0.391 e. The number of aliphatic hydroxyl groups excluding tert-OH is 1. The lowest BCUT2D eigenvalue weighted by Crippen LogP contribution is -2.55. The number of rotatable bonds is 5. The van der Waals surface area contributed by atoms with E-state index in [4.69, 9.17) is 5.73 Å². The highest BCUT2D eigenvalue weighted by Crippen LogP contribution is 2.29. The van der Waals surface area contributed by atoms with Crippen LogP contribution in [-0.2, 0) is 9.59 Å². The molecule has 2 aromatic rings. The molecule has 0 bridgehead atoms. The number of nitrogens with two attached hydrogens (primary N) is 1. The Kier molecular flexibility index (Phi) is 8.44. The molecule has 176 valence electrons. The highest BCUT2D eigenvalue weighted by Gasteiger charge is 2.42. The number of amides is 2. The van der Waals surface area contributed by atoms with E-state index < -0.39 is 23.6 Å². The molecule has 1 aromatic heterocycles. The summed E-state index contributed by atoms with van der Waals surface area (Å²) in [4.78, 5) is 32.7. The lowest BCUT2D eigenvalue weighted by Gasteiger charge is -2.32. The van der Waals surface area contributed by atoms with Crippen LogP contribution in [0, 0.1) is 12.3 Å². The van der Waals surface area contributed by atoms with Crippen LogP contribution in [0.2, 0.25) is 0 Å². The molecule has 0 unspecified atom stereocenters. The Balaban J connectivity index is 0.00000363. The van der Waals surface area contributed by atoms with Gasteiger partial charge < -0.3 is 21.1 Å². The predicted molar refractivity (Wildman–Crippen MR) is 130 cm³/mol. The van der Waals surface area contributed by atoms with E-state index in [1.54, 1.807) is 11.3 Å². The molecule has 0 radical (unpaired) electrons. The van der Waals surface area contributed by atoms with Gasteiger partial charge >= 0.3 is 0 Å². The van der Waals surface area contributed by atoms with Crippen LogP contribution in [0.5, 0.6) is 0 Å². The average Bonchev–Trinajstić information content (AvgIpc) is 3.31. The highest BCUT2D eigenvalue weighted by atomic mass is 35.5. The predicted octanol–water partition coefficient (Wildman–Crippen LogP) is 3.05. The third kappa shape index (κ3) is 5.67. The van der Waals surface area contributed by atoms with Crippen molar-refractivity contribution in [3.05, 3.63) is 41.0 Å². The first-order valence-electron chi connectivity index (χ1n) is 10.5. The Morgan fingerprint density at radius 3 is 2.44 bits per heavy atom. The van der Waals surface area contributed by atoms with Crippen LogP contribution in [0.3, 0.4) is 0 Å². The van der Waals surface area contributed by atoms with Crippen molar-refractivity contribution >= 4 is 35.6 Å². The Morgan fingerprint density at radius 1 is 1.28 bits per heavy atom. The van der Waals surface area contributed by atoms with Gasteiger partial charge in [-0.2, -0.15) is 0 Å². The second-order valence-electron chi connectivity index (χ2n) is 9.36. The van der Waals surface area contributed by atoms with Crippen LogP contribution in [0.25, 0.3) is 10.4 Å². The summed E-state index contributed by atoms with van der Waals surface area (Å²) in [5.41, 5.74) is 10.6. The van der Waals surface area contributed by atoms with E-state index in [-0.39, 0.29) is 43.2 Å². The van der Waals surface area contributed by atoms with Gasteiger partial charge in [0.25, 0.3) is 0 Å². The molecule has 1 aromatic carbocycles. The first kappa shape index (κ1) is 26.3. The summed E-state index contributed by atoms with van der Waals surface area (Å²) in [6.45, 7) is 9.67. The quantitative estimate of drug-likeness (QED) is 0.609. The molecule has 3 rings (SSSR count). The maximum absolute atomic E-state index is 13.0. The number of hydrogen-bond donors (Lipinski definition) is 3. The van der Waals surface area contributed by atoms with E-state index in [0.29, 0.717) is 0 Å². The van der Waals surface area contributed by atoms with E-state index in [1.165, 1.54) is 4.90 Å². The third-order valence-electron chi connectivity index (χ3n) is 5.84. The van der Waals surface area contributed by atoms with Crippen molar-refractivity contribution in [2.24, 2.45) is 11.1 Å². The van der Waals surface area contributed by atoms with E-state index >= 15 is 0 Å². The number of β-amino-alcohol motifs (C(OH)–C–C–N with tert-alkyl or cyclic N) is 1. The zero-order valence-electron chi connectivity index (χ0n) is 19.2. The fourth-order valence-electron chi connectivity index (χ4n) is 3.75. The minimum absolute atomic E-state index is 0. The van der Waals surface area contributed by atoms with Crippen molar-refractivity contribution in [2.45, 2.75) is 65.3 Å². The van der Waals surface area contributed by atoms with E-state index in [0.717, 1.165) is 21.7 Å². The topological polar surface area (TPSA) is 109 Å². The summed E-state index contributed by atoms with van der Waals surface area (Å²) in [6.07, 6.45) is -0.519. The summed E-state index contributed by atoms with van der Waals surface area (Å²) in [7, 11) is 0. The molecule has 1 saturated heterocycles. The number of aryl methyl sites for hydroxylation is 1. The number of aromatic nitrogens is 1. The average molecular weight is 481 g/mol. The Morgan fingerprint density at radius 2 is 1.91 bits per heavy atom. The van der Waals surface area contributed by atoms with Crippen LogP contribution in [0.1, 0.15) is 51.4 Å². The number of thiazole rings is 1. The van der Waals surface area contributed by atoms with Gasteiger partial charge in [-0.3, -0.25) is 9.59 Å². The molecule has 2 heterocycles. The van der Waals surface area contributed by atoms with Gasteiger partial charge in [0.1, 0.15) is 6.04 Å². The number of nitrogens with one attached hydrogen (secondary N) is 1. The van der Waals surface area contributed by atoms with Gasteiger partial charge in [-0.15, -0.1) is 23.7 Å². The number of carbonyl (C=O) groups is 2. The maximum atomic E-state index is 13.0. The normalized spacial score (nSPS) is 20.4. The van der Waals surface area contributed by atoms with Crippen LogP contribution < -0.4 is 11.1 Å². The van der Waals surface area contributed by atoms with Crippen molar-refractivity contribution in [3.63, 3.8) is 0 Å². The molecule has 1 fully saturated rings. The molecular weight excluding hydrogens is 448 g/mol. The van der Waals surface area contributed by atoms with E-state index in [1.807, 2.05) is 64.4 Å². The highest BCUT2D eigenvalue weighted by molar-refractivity contribution is 7.13. The summed E-state index contributed by atoms with van der Waals surface area (Å²) < 4.78 is 0. The SMILES string of the molecule is Cc1ncsc1-c1ccc([C@H](C)NC(=O)[C@H]2C[C@H](O)CN2C(=O)[C@@H](N)C(C)(C)C)cc1.Cl. The molecule has 0 aliphatic carbocycles. The number of aliphatic hydroxyl groups is 1. The minimum atomic E-state index is -0.742. The first-order valence-corrected chi connectivity index (χ1v) is 11.4. The van der Waals surface area contributed by atoms with Crippen LogP contribution in [-0.4, -0.2) is 51.5 Å². The molecule has 4 atom stereocenters. The monoisotopic (exact) mass is 480 g/mol. The Labute approximate surface area is 199 Å². The molecule has 2 amide bonds. The zero-order valence-corrected chi connectivity index (χ0v) is 20.8. The fourth-order valence-corrected chi connectivity index (χ4v) is 4.56. The van der Waals surface area contributed by atoms with E-state index in [9.17, 15) is 14.7 Å². The molecule has 7 nitrogen and oxygen atoms in total. The summed E-state index contributed by atoms with van der Waals surface area (Å²) in [5.74, 6) is -0.581. The van der Waals surface area contributed by atoms with Gasteiger partial charge in [0.15, 0.2) is 0 Å². The van der Waals surface area contributed by atoms with Gasteiger partial charge in [0.05, 0.1) is 34.3 Å². The standard InChI is InChI=1S/C23H32N4O3S.ClH/c1-13(15-6-8-16(9-7-15)19-14(2)25-12-31-19)26-21(29)18-10-17(28)11-27(18)22(30)20(24)23(3,4)5;/h6-9,12-13,17-18,20,28H,10-11,24H2,1-5H3,(H,26,29);1H/t13-,17-,18+,20+;/m0./s1. The number of likely N-dealkylation sites (tertiary alicyclic amines) is 1. The Bertz CT molecular complexity index is 941.